The molecule has 1 aromatic carbocycles. The summed E-state index contributed by atoms with van der Waals surface area (Å²) in [6, 6.07) is 9.01. The van der Waals surface area contributed by atoms with Crippen molar-refractivity contribution in [2.75, 3.05) is 18.0 Å². The zero-order valence-corrected chi connectivity index (χ0v) is 13.7. The van der Waals surface area contributed by atoms with Crippen molar-refractivity contribution in [1.29, 1.82) is 0 Å². The molecule has 20 heavy (non-hydrogen) atoms. The predicted molar refractivity (Wildman–Crippen MR) is 86.1 cm³/mol. The van der Waals surface area contributed by atoms with Gasteiger partial charge < -0.3 is 5.32 Å². The molecular formula is C13H16N2O2S3. The Balaban J connectivity index is 2.16. The Bertz CT molecular complexity index is 663. The van der Waals surface area contributed by atoms with Crippen LogP contribution in [0.2, 0.25) is 0 Å². The third-order valence-electron chi connectivity index (χ3n) is 2.63. The Labute approximate surface area is 127 Å². The first kappa shape index (κ1) is 15.4. The molecule has 0 radical (unpaired) electrons. The van der Waals surface area contributed by atoms with E-state index < -0.39 is 10.0 Å². The predicted octanol–water partition coefficient (Wildman–Crippen LogP) is 2.99. The van der Waals surface area contributed by atoms with Crippen molar-refractivity contribution in [2.45, 2.75) is 16.3 Å². The van der Waals surface area contributed by atoms with Gasteiger partial charge in [0.1, 0.15) is 0 Å². The third kappa shape index (κ3) is 3.76. The number of anilines is 1. The molecule has 0 spiro atoms. The van der Waals surface area contributed by atoms with Crippen molar-refractivity contribution >= 4 is 38.8 Å². The third-order valence-corrected chi connectivity index (χ3v) is 5.82. The zero-order valence-electron chi connectivity index (χ0n) is 11.2. The molecule has 0 fully saturated rings. The normalized spacial score (nSPS) is 11.5. The lowest BCUT2D eigenvalue weighted by atomic mass is 10.3. The van der Waals surface area contributed by atoms with Crippen LogP contribution in [0, 0.1) is 0 Å². The molecule has 108 valence electrons. The molecule has 0 unspecified atom stereocenters. The van der Waals surface area contributed by atoms with Crippen LogP contribution >= 0.6 is 23.1 Å². The fourth-order valence-corrected chi connectivity index (χ4v) is 4.40. The Morgan fingerprint density at radius 3 is 2.55 bits per heavy atom. The first-order chi connectivity index (χ1) is 9.55. The first-order valence-corrected chi connectivity index (χ1v) is 9.53. The summed E-state index contributed by atoms with van der Waals surface area (Å²) >= 11 is 3.05. The number of thioether (sulfide) groups is 1. The molecule has 0 bridgehead atoms. The standard InChI is InChI=1S/C13H16N2O2S3/c1-14-8-12-7-13(9-19-12)20(16,17)15-10-3-5-11(18-2)6-4-10/h3-7,9,14-15H,8H2,1-2H3. The van der Waals surface area contributed by atoms with Crippen molar-refractivity contribution in [3.8, 4) is 0 Å². The molecule has 7 heteroatoms. The number of nitrogens with one attached hydrogen (secondary N) is 2. The van der Waals surface area contributed by atoms with Gasteiger partial charge >= 0.3 is 0 Å². The molecule has 1 heterocycles. The van der Waals surface area contributed by atoms with Crippen LogP contribution in [-0.4, -0.2) is 21.7 Å². The van der Waals surface area contributed by atoms with Crippen molar-refractivity contribution < 1.29 is 8.42 Å². The molecule has 2 aromatic rings. The molecule has 0 aliphatic heterocycles. The van der Waals surface area contributed by atoms with E-state index in [2.05, 4.69) is 10.0 Å². The van der Waals surface area contributed by atoms with Gasteiger partial charge in [-0.25, -0.2) is 8.42 Å². The fourth-order valence-electron chi connectivity index (χ4n) is 1.64. The summed E-state index contributed by atoms with van der Waals surface area (Å²) in [5.74, 6) is 0. The highest BCUT2D eigenvalue weighted by Crippen LogP contribution is 2.23. The minimum absolute atomic E-state index is 0.307. The highest BCUT2D eigenvalue weighted by Gasteiger charge is 2.16. The van der Waals surface area contributed by atoms with Gasteiger partial charge in [0.25, 0.3) is 10.0 Å². The molecule has 4 nitrogen and oxygen atoms in total. The smallest absolute Gasteiger partial charge is 0.262 e. The van der Waals surface area contributed by atoms with Gasteiger partial charge in [0, 0.05) is 27.4 Å². The fraction of sp³-hybridized carbons (Fsp3) is 0.231. The van der Waals surface area contributed by atoms with Crippen LogP contribution in [0.1, 0.15) is 4.88 Å². The molecule has 1 aromatic heterocycles. The maximum Gasteiger partial charge on any atom is 0.262 e. The second kappa shape index (κ2) is 6.62. The van der Waals surface area contributed by atoms with E-state index in [1.165, 1.54) is 11.3 Å². The van der Waals surface area contributed by atoms with Gasteiger partial charge in [0.05, 0.1) is 4.90 Å². The number of rotatable bonds is 6. The lowest BCUT2D eigenvalue weighted by Crippen LogP contribution is -2.12. The molecular weight excluding hydrogens is 312 g/mol. The van der Waals surface area contributed by atoms with Gasteiger partial charge in [-0.3, -0.25) is 4.72 Å². The van der Waals surface area contributed by atoms with E-state index >= 15 is 0 Å². The summed E-state index contributed by atoms with van der Waals surface area (Å²) in [7, 11) is -1.67. The molecule has 2 rings (SSSR count). The second-order valence-corrected chi connectivity index (χ2v) is 7.67. The molecule has 2 N–H and O–H groups in total. The largest absolute Gasteiger partial charge is 0.315 e. The topological polar surface area (TPSA) is 58.2 Å². The van der Waals surface area contributed by atoms with E-state index in [9.17, 15) is 8.42 Å². The van der Waals surface area contributed by atoms with E-state index in [1.807, 2.05) is 25.4 Å². The molecule has 0 atom stereocenters. The van der Waals surface area contributed by atoms with Crippen LogP contribution in [-0.2, 0) is 16.6 Å². The molecule has 0 aliphatic carbocycles. The maximum atomic E-state index is 12.2. The Morgan fingerprint density at radius 2 is 1.95 bits per heavy atom. The quantitative estimate of drug-likeness (QED) is 0.801. The summed E-state index contributed by atoms with van der Waals surface area (Å²) < 4.78 is 27.1. The highest BCUT2D eigenvalue weighted by molar-refractivity contribution is 7.98. The highest BCUT2D eigenvalue weighted by atomic mass is 32.2. The van der Waals surface area contributed by atoms with Gasteiger partial charge in [-0.1, -0.05) is 0 Å². The summed E-state index contributed by atoms with van der Waals surface area (Å²) in [6.45, 7) is 0.669. The van der Waals surface area contributed by atoms with E-state index in [4.69, 9.17) is 0 Å². The van der Waals surface area contributed by atoms with Gasteiger partial charge in [0.2, 0.25) is 0 Å². The minimum atomic E-state index is -3.50. The van der Waals surface area contributed by atoms with Crippen LogP contribution in [0.25, 0.3) is 0 Å². The van der Waals surface area contributed by atoms with Crippen molar-refractivity contribution in [2.24, 2.45) is 0 Å². The van der Waals surface area contributed by atoms with Crippen molar-refractivity contribution in [3.63, 3.8) is 0 Å². The van der Waals surface area contributed by atoms with Crippen molar-refractivity contribution in [3.05, 3.63) is 40.6 Å². The lowest BCUT2D eigenvalue weighted by molar-refractivity contribution is 0.601. The molecule has 0 saturated carbocycles. The summed E-state index contributed by atoms with van der Waals surface area (Å²) in [4.78, 5) is 2.40. The zero-order chi connectivity index (χ0) is 14.6. The molecule has 0 aliphatic rings. The SMILES string of the molecule is CNCc1cc(S(=O)(=O)Nc2ccc(SC)cc2)cs1. The summed E-state index contributed by atoms with van der Waals surface area (Å²) in [5.41, 5.74) is 0.573. The molecule has 0 saturated heterocycles. The lowest BCUT2D eigenvalue weighted by Gasteiger charge is -2.06. The average Bonchev–Trinajstić information content (AvgIpc) is 2.89. The van der Waals surface area contributed by atoms with E-state index in [1.54, 1.807) is 35.3 Å². The summed E-state index contributed by atoms with van der Waals surface area (Å²) in [6.07, 6.45) is 1.98. The van der Waals surface area contributed by atoms with Crippen LogP contribution < -0.4 is 10.0 Å². The maximum absolute atomic E-state index is 12.2. The number of hydrogen-bond donors (Lipinski definition) is 2. The van der Waals surface area contributed by atoms with E-state index in [0.717, 1.165) is 9.77 Å². The van der Waals surface area contributed by atoms with Crippen LogP contribution in [0.3, 0.4) is 0 Å². The second-order valence-electron chi connectivity index (χ2n) is 4.11. The van der Waals surface area contributed by atoms with Gasteiger partial charge in [-0.15, -0.1) is 23.1 Å². The van der Waals surface area contributed by atoms with Gasteiger partial charge in [0.15, 0.2) is 0 Å². The van der Waals surface area contributed by atoms with Crippen LogP contribution in [0.15, 0.2) is 45.5 Å². The number of hydrogen-bond acceptors (Lipinski definition) is 5. The van der Waals surface area contributed by atoms with E-state index in [-0.39, 0.29) is 0 Å². The van der Waals surface area contributed by atoms with Crippen LogP contribution in [0.4, 0.5) is 5.69 Å². The minimum Gasteiger partial charge on any atom is -0.315 e. The Morgan fingerprint density at radius 1 is 1.25 bits per heavy atom. The van der Waals surface area contributed by atoms with E-state index in [0.29, 0.717) is 17.1 Å². The Kier molecular flexibility index (Phi) is 5.09. The Hall–Kier alpha value is -1.02. The van der Waals surface area contributed by atoms with Gasteiger partial charge in [-0.2, -0.15) is 0 Å². The number of benzene rings is 1. The van der Waals surface area contributed by atoms with Crippen LogP contribution in [0.5, 0.6) is 0 Å². The monoisotopic (exact) mass is 328 g/mol. The van der Waals surface area contributed by atoms with Crippen molar-refractivity contribution in [1.82, 2.24) is 5.32 Å². The average molecular weight is 328 g/mol. The first-order valence-electron chi connectivity index (χ1n) is 5.94. The number of thiophene rings is 1. The number of sulfonamides is 1. The van der Waals surface area contributed by atoms with Gasteiger partial charge in [-0.05, 0) is 43.6 Å². The summed E-state index contributed by atoms with van der Waals surface area (Å²) in [5, 5.41) is 4.66. The molecule has 0 amide bonds.